The first kappa shape index (κ1) is 15.1. The first-order valence-corrected chi connectivity index (χ1v) is 8.27. The van der Waals surface area contributed by atoms with Crippen molar-refractivity contribution in [3.05, 3.63) is 35.9 Å². The van der Waals surface area contributed by atoms with E-state index in [2.05, 4.69) is 0 Å². The Balaban J connectivity index is 2.56. The fourth-order valence-electron chi connectivity index (χ4n) is 2.19. The Morgan fingerprint density at radius 3 is 2.70 bits per heavy atom. The van der Waals surface area contributed by atoms with Crippen LogP contribution in [0, 0.1) is 6.92 Å². The average Bonchev–Trinajstić information content (AvgIpc) is 2.36. The summed E-state index contributed by atoms with van der Waals surface area (Å²) in [7, 11) is -3.54. The van der Waals surface area contributed by atoms with Gasteiger partial charge in [-0.25, -0.2) is 8.42 Å². The van der Waals surface area contributed by atoms with Crippen molar-refractivity contribution >= 4 is 10.0 Å². The van der Waals surface area contributed by atoms with Gasteiger partial charge in [0.15, 0.2) is 0 Å². The Hall–Kier alpha value is -1.33. The number of fused-ring (bicyclic) bond motifs is 1. The van der Waals surface area contributed by atoms with Crippen molar-refractivity contribution in [2.45, 2.75) is 38.1 Å². The van der Waals surface area contributed by atoms with Crippen LogP contribution in [0.15, 0.2) is 35.2 Å². The van der Waals surface area contributed by atoms with Gasteiger partial charge < -0.3 is 4.74 Å². The van der Waals surface area contributed by atoms with Crippen molar-refractivity contribution in [1.29, 1.82) is 0 Å². The van der Waals surface area contributed by atoms with Gasteiger partial charge in [0, 0.05) is 12.6 Å². The largest absolute Gasteiger partial charge is 0.492 e. The van der Waals surface area contributed by atoms with Crippen LogP contribution in [0.5, 0.6) is 5.75 Å². The highest BCUT2D eigenvalue weighted by Gasteiger charge is 2.29. The van der Waals surface area contributed by atoms with E-state index in [9.17, 15) is 8.42 Å². The number of ether oxygens (including phenoxy) is 1. The zero-order valence-corrected chi connectivity index (χ0v) is 13.0. The Morgan fingerprint density at radius 1 is 1.25 bits per heavy atom. The number of hydrogen-bond acceptors (Lipinski definition) is 3. The van der Waals surface area contributed by atoms with Crippen LogP contribution in [0.1, 0.15) is 25.8 Å². The number of aryl methyl sites for hydroxylation is 1. The van der Waals surface area contributed by atoms with Crippen LogP contribution in [0.4, 0.5) is 0 Å². The third-order valence-electron chi connectivity index (χ3n) is 3.26. The number of sulfonamides is 1. The van der Waals surface area contributed by atoms with Gasteiger partial charge in [0.25, 0.3) is 0 Å². The molecule has 2 rings (SSSR count). The van der Waals surface area contributed by atoms with E-state index in [0.29, 0.717) is 18.9 Å². The summed E-state index contributed by atoms with van der Waals surface area (Å²) in [4.78, 5) is 0.257. The van der Waals surface area contributed by atoms with E-state index < -0.39 is 10.0 Å². The summed E-state index contributed by atoms with van der Waals surface area (Å²) in [6.45, 7) is 6.57. The lowest BCUT2D eigenvalue weighted by atomic mass is 10.2. The summed E-state index contributed by atoms with van der Waals surface area (Å²) in [6, 6.07) is 5.13. The van der Waals surface area contributed by atoms with Crippen LogP contribution in [-0.4, -0.2) is 31.9 Å². The Kier molecular flexibility index (Phi) is 4.50. The molecule has 4 nitrogen and oxygen atoms in total. The van der Waals surface area contributed by atoms with Crippen molar-refractivity contribution in [3.8, 4) is 5.75 Å². The Labute approximate surface area is 121 Å². The number of hydrogen-bond donors (Lipinski definition) is 0. The lowest BCUT2D eigenvalue weighted by Gasteiger charge is -2.26. The highest BCUT2D eigenvalue weighted by Crippen LogP contribution is 2.29. The van der Waals surface area contributed by atoms with Crippen LogP contribution >= 0.6 is 0 Å². The number of rotatable bonds is 1. The maximum atomic E-state index is 12.8. The van der Waals surface area contributed by atoms with E-state index in [1.54, 1.807) is 18.2 Å². The van der Waals surface area contributed by atoms with E-state index in [1.165, 1.54) is 4.31 Å². The molecule has 0 aliphatic carbocycles. The average molecular weight is 295 g/mol. The fraction of sp³-hybridized carbons (Fsp3) is 0.467. The molecule has 20 heavy (non-hydrogen) atoms. The topological polar surface area (TPSA) is 46.6 Å². The molecule has 0 saturated heterocycles. The first-order valence-electron chi connectivity index (χ1n) is 6.83. The first-order chi connectivity index (χ1) is 9.43. The summed E-state index contributed by atoms with van der Waals surface area (Å²) < 4.78 is 32.8. The second-order valence-corrected chi connectivity index (χ2v) is 7.09. The minimum absolute atomic E-state index is 0.0989. The lowest BCUT2D eigenvalue weighted by Crippen LogP contribution is -2.37. The number of nitrogens with zero attached hydrogens (tertiary/aromatic N) is 1. The molecular weight excluding hydrogens is 274 g/mol. The molecule has 1 heterocycles. The maximum absolute atomic E-state index is 12.8. The minimum atomic E-state index is -3.54. The molecule has 1 aliphatic rings. The van der Waals surface area contributed by atoms with Crippen LogP contribution in [0.25, 0.3) is 0 Å². The maximum Gasteiger partial charge on any atom is 0.247 e. The highest BCUT2D eigenvalue weighted by molar-refractivity contribution is 7.89. The Morgan fingerprint density at radius 2 is 2.00 bits per heavy atom. The van der Waals surface area contributed by atoms with Crippen molar-refractivity contribution in [1.82, 2.24) is 4.31 Å². The van der Waals surface area contributed by atoms with Crippen LogP contribution in [-0.2, 0) is 10.0 Å². The normalized spacial score (nSPS) is 21.0. The second-order valence-electron chi connectivity index (χ2n) is 5.23. The van der Waals surface area contributed by atoms with Gasteiger partial charge in [-0.2, -0.15) is 4.31 Å². The molecule has 1 aliphatic heterocycles. The second kappa shape index (κ2) is 5.97. The molecule has 0 amide bonds. The van der Waals surface area contributed by atoms with Gasteiger partial charge in [-0.15, -0.1) is 0 Å². The molecule has 0 fully saturated rings. The summed E-state index contributed by atoms with van der Waals surface area (Å²) in [6.07, 6.45) is 4.63. The Bertz CT molecular complexity index is 606. The molecule has 0 radical (unpaired) electrons. The van der Waals surface area contributed by atoms with Gasteiger partial charge in [-0.1, -0.05) is 18.2 Å². The molecule has 1 aromatic rings. The van der Waals surface area contributed by atoms with Gasteiger partial charge in [0.2, 0.25) is 10.0 Å². The quantitative estimate of drug-likeness (QED) is 0.748. The van der Waals surface area contributed by atoms with Crippen LogP contribution < -0.4 is 4.74 Å². The lowest BCUT2D eigenvalue weighted by molar-refractivity contribution is 0.310. The molecule has 0 bridgehead atoms. The molecule has 0 atom stereocenters. The minimum Gasteiger partial charge on any atom is -0.492 e. The third kappa shape index (κ3) is 3.04. The van der Waals surface area contributed by atoms with Gasteiger partial charge in [0.1, 0.15) is 10.6 Å². The van der Waals surface area contributed by atoms with Crippen molar-refractivity contribution < 1.29 is 13.2 Å². The molecule has 1 aromatic carbocycles. The van der Waals surface area contributed by atoms with E-state index in [0.717, 1.165) is 12.0 Å². The monoisotopic (exact) mass is 295 g/mol. The fourth-order valence-corrected chi connectivity index (χ4v) is 3.89. The van der Waals surface area contributed by atoms with Crippen molar-refractivity contribution in [3.63, 3.8) is 0 Å². The molecule has 5 heteroatoms. The van der Waals surface area contributed by atoms with E-state index in [4.69, 9.17) is 4.74 Å². The zero-order valence-electron chi connectivity index (χ0n) is 12.2. The standard InChI is InChI=1S/C15H21NO3S/c1-12(2)16-9-5-4-6-10-19-14-11-13(3)7-8-15(14)20(16,17)18/h4-5,7-8,11-12H,6,9-10H2,1-3H3/b5-4-. The van der Waals surface area contributed by atoms with Crippen LogP contribution in [0.2, 0.25) is 0 Å². The zero-order chi connectivity index (χ0) is 14.8. The molecule has 0 unspecified atom stereocenters. The summed E-state index contributed by atoms with van der Waals surface area (Å²) in [5.74, 6) is 0.450. The molecule has 0 spiro atoms. The molecular formula is C15H21NO3S. The number of benzene rings is 1. The van der Waals surface area contributed by atoms with E-state index >= 15 is 0 Å². The third-order valence-corrected chi connectivity index (χ3v) is 5.34. The molecule has 0 saturated carbocycles. The van der Waals surface area contributed by atoms with Gasteiger partial charge in [-0.3, -0.25) is 0 Å². The van der Waals surface area contributed by atoms with Gasteiger partial charge in [0.05, 0.1) is 6.61 Å². The SMILES string of the molecule is Cc1ccc2c(c1)OCC/C=C\CN(C(C)C)S2(=O)=O. The summed E-state index contributed by atoms with van der Waals surface area (Å²) in [5, 5.41) is 0. The molecule has 110 valence electrons. The van der Waals surface area contributed by atoms with Crippen LogP contribution in [0.3, 0.4) is 0 Å². The smallest absolute Gasteiger partial charge is 0.247 e. The summed E-state index contributed by atoms with van der Waals surface area (Å²) in [5.41, 5.74) is 0.989. The van der Waals surface area contributed by atoms with E-state index in [1.807, 2.05) is 32.9 Å². The van der Waals surface area contributed by atoms with E-state index in [-0.39, 0.29) is 10.9 Å². The summed E-state index contributed by atoms with van der Waals surface area (Å²) >= 11 is 0. The van der Waals surface area contributed by atoms with Gasteiger partial charge >= 0.3 is 0 Å². The highest BCUT2D eigenvalue weighted by atomic mass is 32.2. The van der Waals surface area contributed by atoms with Crippen molar-refractivity contribution in [2.75, 3.05) is 13.2 Å². The predicted molar refractivity (Wildman–Crippen MR) is 79.5 cm³/mol. The molecule has 0 aromatic heterocycles. The van der Waals surface area contributed by atoms with Crippen molar-refractivity contribution in [2.24, 2.45) is 0 Å². The van der Waals surface area contributed by atoms with Gasteiger partial charge in [-0.05, 0) is 44.9 Å². The predicted octanol–water partition coefficient (Wildman–Crippen LogP) is 2.73. The molecule has 0 N–H and O–H groups in total.